The molecule has 0 bridgehead atoms. The molecule has 0 saturated heterocycles. The SMILES string of the molecule is CC(C)c1csc(NC(=O)c2cc(Cl)ccc2N)n1. The Bertz CT molecular complexity index is 610. The van der Waals surface area contributed by atoms with Gasteiger partial charge in [0.25, 0.3) is 5.91 Å². The van der Waals surface area contributed by atoms with E-state index < -0.39 is 0 Å². The Kier molecular flexibility index (Phi) is 4.07. The molecule has 0 aliphatic heterocycles. The average molecular weight is 296 g/mol. The van der Waals surface area contributed by atoms with Gasteiger partial charge in [0.1, 0.15) is 0 Å². The van der Waals surface area contributed by atoms with Gasteiger partial charge in [-0.25, -0.2) is 4.98 Å². The number of amides is 1. The van der Waals surface area contributed by atoms with Gasteiger partial charge in [0, 0.05) is 16.1 Å². The van der Waals surface area contributed by atoms with Crippen molar-refractivity contribution in [3.63, 3.8) is 0 Å². The second-order valence-electron chi connectivity index (χ2n) is 4.42. The van der Waals surface area contributed by atoms with E-state index in [4.69, 9.17) is 17.3 Å². The number of nitrogens with two attached hydrogens (primary N) is 1. The fraction of sp³-hybridized carbons (Fsp3) is 0.231. The van der Waals surface area contributed by atoms with Gasteiger partial charge in [0.15, 0.2) is 5.13 Å². The van der Waals surface area contributed by atoms with E-state index in [9.17, 15) is 4.79 Å². The number of thiazole rings is 1. The molecule has 1 aromatic carbocycles. The van der Waals surface area contributed by atoms with Crippen LogP contribution in [0.15, 0.2) is 23.6 Å². The number of nitrogens with one attached hydrogen (secondary N) is 1. The van der Waals surface area contributed by atoms with Gasteiger partial charge in [-0.3, -0.25) is 10.1 Å². The third-order valence-electron chi connectivity index (χ3n) is 2.59. The molecule has 0 unspecified atom stereocenters. The molecule has 0 fully saturated rings. The van der Waals surface area contributed by atoms with Crippen LogP contribution in [-0.2, 0) is 0 Å². The minimum absolute atomic E-state index is 0.301. The molecule has 1 aromatic heterocycles. The molecule has 0 saturated carbocycles. The summed E-state index contributed by atoms with van der Waals surface area (Å²) in [6.07, 6.45) is 0. The average Bonchev–Trinajstić information content (AvgIpc) is 2.80. The molecular formula is C13H14ClN3OS. The summed E-state index contributed by atoms with van der Waals surface area (Å²) in [4.78, 5) is 16.4. The Morgan fingerprint density at radius 1 is 1.47 bits per heavy atom. The van der Waals surface area contributed by atoms with E-state index in [-0.39, 0.29) is 5.91 Å². The van der Waals surface area contributed by atoms with E-state index in [1.54, 1.807) is 18.2 Å². The predicted octanol–water partition coefficient (Wildman–Crippen LogP) is 3.75. The minimum Gasteiger partial charge on any atom is -0.398 e. The van der Waals surface area contributed by atoms with Crippen molar-refractivity contribution in [2.75, 3.05) is 11.1 Å². The van der Waals surface area contributed by atoms with Crippen molar-refractivity contribution in [1.82, 2.24) is 4.98 Å². The fourth-order valence-electron chi connectivity index (χ4n) is 1.50. The molecule has 2 rings (SSSR count). The number of rotatable bonds is 3. The lowest BCUT2D eigenvalue weighted by Gasteiger charge is -2.05. The maximum atomic E-state index is 12.1. The molecule has 0 aliphatic carbocycles. The number of nitrogen functional groups attached to an aromatic ring is 1. The van der Waals surface area contributed by atoms with Gasteiger partial charge in [-0.15, -0.1) is 11.3 Å². The first-order valence-electron chi connectivity index (χ1n) is 5.79. The van der Waals surface area contributed by atoms with E-state index in [0.717, 1.165) is 5.69 Å². The lowest BCUT2D eigenvalue weighted by Crippen LogP contribution is -2.14. The van der Waals surface area contributed by atoms with Crippen molar-refractivity contribution in [2.45, 2.75) is 19.8 Å². The number of nitrogens with zero attached hydrogens (tertiary/aromatic N) is 1. The fourth-order valence-corrected chi connectivity index (χ4v) is 2.54. The monoisotopic (exact) mass is 295 g/mol. The number of hydrogen-bond acceptors (Lipinski definition) is 4. The van der Waals surface area contributed by atoms with Crippen LogP contribution >= 0.6 is 22.9 Å². The highest BCUT2D eigenvalue weighted by molar-refractivity contribution is 7.14. The topological polar surface area (TPSA) is 68.0 Å². The third kappa shape index (κ3) is 3.24. The van der Waals surface area contributed by atoms with Crippen LogP contribution in [0.25, 0.3) is 0 Å². The van der Waals surface area contributed by atoms with E-state index >= 15 is 0 Å². The highest BCUT2D eigenvalue weighted by Crippen LogP contribution is 2.23. The quantitative estimate of drug-likeness (QED) is 0.847. The Morgan fingerprint density at radius 3 is 2.84 bits per heavy atom. The number of anilines is 2. The highest BCUT2D eigenvalue weighted by atomic mass is 35.5. The Labute approximate surface area is 120 Å². The van der Waals surface area contributed by atoms with Gasteiger partial charge in [-0.1, -0.05) is 25.4 Å². The number of hydrogen-bond donors (Lipinski definition) is 2. The van der Waals surface area contributed by atoms with Crippen LogP contribution in [0, 0.1) is 0 Å². The van der Waals surface area contributed by atoms with Crippen molar-refractivity contribution in [3.8, 4) is 0 Å². The normalized spacial score (nSPS) is 10.7. The lowest BCUT2D eigenvalue weighted by atomic mass is 10.1. The van der Waals surface area contributed by atoms with Crippen LogP contribution in [0.2, 0.25) is 5.02 Å². The first kappa shape index (κ1) is 13.8. The molecule has 6 heteroatoms. The van der Waals surface area contributed by atoms with Gasteiger partial charge in [-0.05, 0) is 24.1 Å². The number of carbonyl (C=O) groups excluding carboxylic acids is 1. The van der Waals surface area contributed by atoms with Crippen molar-refractivity contribution >= 4 is 39.7 Å². The molecule has 1 amide bonds. The number of benzene rings is 1. The summed E-state index contributed by atoms with van der Waals surface area (Å²) < 4.78 is 0. The van der Waals surface area contributed by atoms with E-state index in [1.807, 2.05) is 5.38 Å². The summed E-state index contributed by atoms with van der Waals surface area (Å²) in [5.41, 5.74) is 7.47. The zero-order valence-electron chi connectivity index (χ0n) is 10.6. The molecule has 0 radical (unpaired) electrons. The van der Waals surface area contributed by atoms with Crippen LogP contribution in [0.1, 0.15) is 35.8 Å². The van der Waals surface area contributed by atoms with Crippen molar-refractivity contribution in [3.05, 3.63) is 39.9 Å². The molecular weight excluding hydrogens is 282 g/mol. The van der Waals surface area contributed by atoms with Gasteiger partial charge in [0.2, 0.25) is 0 Å². The van der Waals surface area contributed by atoms with Crippen LogP contribution in [-0.4, -0.2) is 10.9 Å². The van der Waals surface area contributed by atoms with Crippen molar-refractivity contribution in [2.24, 2.45) is 0 Å². The molecule has 19 heavy (non-hydrogen) atoms. The van der Waals surface area contributed by atoms with Gasteiger partial charge in [0.05, 0.1) is 11.3 Å². The second kappa shape index (κ2) is 5.59. The summed E-state index contributed by atoms with van der Waals surface area (Å²) in [6, 6.07) is 4.80. The van der Waals surface area contributed by atoms with Crippen LogP contribution in [0.5, 0.6) is 0 Å². The Balaban J connectivity index is 2.18. The van der Waals surface area contributed by atoms with Gasteiger partial charge in [-0.2, -0.15) is 0 Å². The highest BCUT2D eigenvalue weighted by Gasteiger charge is 2.13. The van der Waals surface area contributed by atoms with Crippen molar-refractivity contribution in [1.29, 1.82) is 0 Å². The van der Waals surface area contributed by atoms with Gasteiger partial charge >= 0.3 is 0 Å². The zero-order chi connectivity index (χ0) is 14.0. The Hall–Kier alpha value is -1.59. The summed E-state index contributed by atoms with van der Waals surface area (Å²) in [6.45, 7) is 4.10. The van der Waals surface area contributed by atoms with Crippen LogP contribution < -0.4 is 11.1 Å². The molecule has 0 atom stereocenters. The summed E-state index contributed by atoms with van der Waals surface area (Å²) in [5, 5.41) is 5.70. The third-order valence-corrected chi connectivity index (χ3v) is 3.60. The molecule has 0 spiro atoms. The largest absolute Gasteiger partial charge is 0.398 e. The molecule has 3 N–H and O–H groups in total. The maximum Gasteiger partial charge on any atom is 0.259 e. The second-order valence-corrected chi connectivity index (χ2v) is 5.71. The van der Waals surface area contributed by atoms with Gasteiger partial charge < -0.3 is 5.73 Å². The molecule has 4 nitrogen and oxygen atoms in total. The first-order chi connectivity index (χ1) is 8.97. The minimum atomic E-state index is -0.301. The number of carbonyl (C=O) groups is 1. The first-order valence-corrected chi connectivity index (χ1v) is 7.05. The Morgan fingerprint density at radius 2 is 2.21 bits per heavy atom. The molecule has 1 heterocycles. The number of halogens is 1. The smallest absolute Gasteiger partial charge is 0.259 e. The lowest BCUT2D eigenvalue weighted by molar-refractivity contribution is 0.102. The molecule has 0 aliphatic rings. The van der Waals surface area contributed by atoms with E-state index in [1.165, 1.54) is 11.3 Å². The van der Waals surface area contributed by atoms with E-state index in [0.29, 0.717) is 27.3 Å². The van der Waals surface area contributed by atoms with Crippen LogP contribution in [0.4, 0.5) is 10.8 Å². The summed E-state index contributed by atoms with van der Waals surface area (Å²) >= 11 is 7.26. The predicted molar refractivity (Wildman–Crippen MR) is 80.0 cm³/mol. The van der Waals surface area contributed by atoms with Crippen LogP contribution in [0.3, 0.4) is 0 Å². The standard InChI is InChI=1S/C13H14ClN3OS/c1-7(2)11-6-19-13(16-11)17-12(18)9-5-8(14)3-4-10(9)15/h3-7H,15H2,1-2H3,(H,16,17,18). The molecule has 100 valence electrons. The summed E-state index contributed by atoms with van der Waals surface area (Å²) in [7, 11) is 0. The van der Waals surface area contributed by atoms with Crippen molar-refractivity contribution < 1.29 is 4.79 Å². The maximum absolute atomic E-state index is 12.1. The number of aromatic nitrogens is 1. The molecule has 2 aromatic rings. The van der Waals surface area contributed by atoms with E-state index in [2.05, 4.69) is 24.1 Å². The zero-order valence-corrected chi connectivity index (χ0v) is 12.2. The summed E-state index contributed by atoms with van der Waals surface area (Å²) in [5.74, 6) is 0.0304.